The van der Waals surface area contributed by atoms with Crippen LogP contribution in [0, 0.1) is 0 Å². The fourth-order valence-corrected chi connectivity index (χ4v) is 0.449. The van der Waals surface area contributed by atoms with Gasteiger partial charge in [0.25, 0.3) is 0 Å². The standard InChI is InChI=1S/C4H6N4O2.C2H6/c1-8-4(9)6-3(7-10)2-5-8;1-2/h2,10H,1H3,(H,6,7,9);1-2H3. The first kappa shape index (κ1) is 10.6. The minimum Gasteiger partial charge on any atom is -0.290 e. The van der Waals surface area contributed by atoms with Gasteiger partial charge in [-0.15, -0.1) is 0 Å². The van der Waals surface area contributed by atoms with Gasteiger partial charge in [-0.2, -0.15) is 10.1 Å². The highest BCUT2D eigenvalue weighted by Crippen LogP contribution is 1.88. The van der Waals surface area contributed by atoms with Crippen molar-refractivity contribution in [3.63, 3.8) is 0 Å². The molecule has 0 aliphatic heterocycles. The molecule has 0 amide bonds. The van der Waals surface area contributed by atoms with E-state index in [4.69, 9.17) is 5.21 Å². The molecule has 0 radical (unpaired) electrons. The second-order valence-electron chi connectivity index (χ2n) is 1.66. The Kier molecular flexibility index (Phi) is 4.62. The summed E-state index contributed by atoms with van der Waals surface area (Å²) in [5, 5.41) is 11.8. The predicted octanol–water partition coefficient (Wildman–Crippen LogP) is 0.00260. The molecule has 0 aromatic carbocycles. The Morgan fingerprint density at radius 3 is 2.58 bits per heavy atom. The first-order chi connectivity index (χ1) is 5.74. The normalized spacial score (nSPS) is 8.33. The number of aromatic nitrogens is 3. The lowest BCUT2D eigenvalue weighted by molar-refractivity contribution is 0.384. The molecule has 1 aromatic rings. The number of hydrogen-bond donors (Lipinski definition) is 2. The van der Waals surface area contributed by atoms with E-state index in [1.54, 1.807) is 5.48 Å². The van der Waals surface area contributed by atoms with Crippen molar-refractivity contribution >= 4 is 5.82 Å². The fraction of sp³-hybridized carbons (Fsp3) is 0.500. The van der Waals surface area contributed by atoms with Crippen molar-refractivity contribution in [2.45, 2.75) is 13.8 Å². The lowest BCUT2D eigenvalue weighted by atomic mass is 10.7. The Hall–Kier alpha value is -1.43. The summed E-state index contributed by atoms with van der Waals surface area (Å²) in [4.78, 5) is 14.0. The lowest BCUT2D eigenvalue weighted by Gasteiger charge is -1.95. The molecule has 0 bridgehead atoms. The third kappa shape index (κ3) is 2.67. The molecule has 0 fully saturated rings. The van der Waals surface area contributed by atoms with Gasteiger partial charge in [-0.05, 0) is 0 Å². The van der Waals surface area contributed by atoms with Crippen LogP contribution in [-0.4, -0.2) is 20.0 Å². The van der Waals surface area contributed by atoms with E-state index in [1.165, 1.54) is 13.2 Å². The molecule has 0 saturated heterocycles. The summed E-state index contributed by atoms with van der Waals surface area (Å²) in [5.41, 5.74) is 1.19. The summed E-state index contributed by atoms with van der Waals surface area (Å²) in [6, 6.07) is 0. The molecule has 0 unspecified atom stereocenters. The van der Waals surface area contributed by atoms with Crippen LogP contribution in [0.1, 0.15) is 13.8 Å². The zero-order valence-electron chi connectivity index (χ0n) is 7.27. The Bertz CT molecular complexity index is 283. The van der Waals surface area contributed by atoms with Gasteiger partial charge in [0.1, 0.15) is 0 Å². The van der Waals surface area contributed by atoms with E-state index in [0.29, 0.717) is 0 Å². The van der Waals surface area contributed by atoms with Gasteiger partial charge >= 0.3 is 5.69 Å². The van der Waals surface area contributed by atoms with Crippen molar-refractivity contribution < 1.29 is 5.21 Å². The van der Waals surface area contributed by atoms with Crippen LogP contribution in [-0.2, 0) is 7.05 Å². The largest absolute Gasteiger partial charge is 0.365 e. The molecule has 6 nitrogen and oxygen atoms in total. The molecule has 0 atom stereocenters. The zero-order chi connectivity index (χ0) is 9.56. The van der Waals surface area contributed by atoms with Crippen LogP contribution in [0.3, 0.4) is 0 Å². The van der Waals surface area contributed by atoms with Crippen LogP contribution < -0.4 is 11.2 Å². The van der Waals surface area contributed by atoms with E-state index in [9.17, 15) is 4.79 Å². The molecule has 12 heavy (non-hydrogen) atoms. The topological polar surface area (TPSA) is 80.0 Å². The molecule has 0 spiro atoms. The van der Waals surface area contributed by atoms with Gasteiger partial charge in [-0.3, -0.25) is 10.7 Å². The maximum absolute atomic E-state index is 10.6. The van der Waals surface area contributed by atoms with E-state index < -0.39 is 5.69 Å². The third-order valence-corrected chi connectivity index (χ3v) is 0.961. The van der Waals surface area contributed by atoms with Crippen LogP contribution in [0.4, 0.5) is 5.82 Å². The number of rotatable bonds is 1. The maximum atomic E-state index is 10.6. The van der Waals surface area contributed by atoms with Crippen LogP contribution >= 0.6 is 0 Å². The van der Waals surface area contributed by atoms with Gasteiger partial charge in [0, 0.05) is 7.05 Å². The van der Waals surface area contributed by atoms with Crippen molar-refractivity contribution in [2.75, 3.05) is 5.48 Å². The van der Waals surface area contributed by atoms with E-state index in [2.05, 4.69) is 10.1 Å². The maximum Gasteiger partial charge on any atom is 0.365 e. The monoisotopic (exact) mass is 172 g/mol. The van der Waals surface area contributed by atoms with Crippen LogP contribution in [0.2, 0.25) is 0 Å². The molecule has 6 heteroatoms. The van der Waals surface area contributed by atoms with Crippen molar-refractivity contribution in [1.29, 1.82) is 0 Å². The summed E-state index contributed by atoms with van der Waals surface area (Å²) in [7, 11) is 1.47. The zero-order valence-corrected chi connectivity index (χ0v) is 7.27. The Labute approximate surface area is 69.8 Å². The first-order valence-corrected chi connectivity index (χ1v) is 3.54. The molecular formula is C6H12N4O2. The fourth-order valence-electron chi connectivity index (χ4n) is 0.449. The minimum atomic E-state index is -0.515. The highest BCUT2D eigenvalue weighted by atomic mass is 16.5. The molecule has 1 heterocycles. The molecule has 1 rings (SSSR count). The average Bonchev–Trinajstić information content (AvgIpc) is 2.13. The van der Waals surface area contributed by atoms with Crippen molar-refractivity contribution in [1.82, 2.24) is 14.8 Å². The van der Waals surface area contributed by atoms with E-state index in [0.717, 1.165) is 4.68 Å². The Morgan fingerprint density at radius 1 is 1.58 bits per heavy atom. The number of aryl methyl sites for hydroxylation is 1. The molecule has 0 saturated carbocycles. The summed E-state index contributed by atoms with van der Waals surface area (Å²) in [6.45, 7) is 4.00. The summed E-state index contributed by atoms with van der Waals surface area (Å²) in [5.74, 6) is 0.0445. The van der Waals surface area contributed by atoms with Gasteiger partial charge in [0.15, 0.2) is 5.82 Å². The lowest BCUT2D eigenvalue weighted by Crippen LogP contribution is -2.22. The SMILES string of the molecule is CC.Cn1ncc(NO)nc1=O. The van der Waals surface area contributed by atoms with Gasteiger partial charge < -0.3 is 0 Å². The van der Waals surface area contributed by atoms with E-state index >= 15 is 0 Å². The molecule has 0 aliphatic rings. The number of nitrogens with one attached hydrogen (secondary N) is 1. The van der Waals surface area contributed by atoms with Gasteiger partial charge in [0.2, 0.25) is 0 Å². The number of hydrogen-bond acceptors (Lipinski definition) is 5. The highest BCUT2D eigenvalue weighted by molar-refractivity contribution is 5.24. The molecule has 68 valence electrons. The second-order valence-corrected chi connectivity index (χ2v) is 1.66. The van der Waals surface area contributed by atoms with Crippen LogP contribution in [0.15, 0.2) is 11.0 Å². The second kappa shape index (κ2) is 5.25. The first-order valence-electron chi connectivity index (χ1n) is 3.54. The smallest absolute Gasteiger partial charge is 0.290 e. The molecular weight excluding hydrogens is 160 g/mol. The molecule has 1 aromatic heterocycles. The summed E-state index contributed by atoms with van der Waals surface area (Å²) >= 11 is 0. The minimum absolute atomic E-state index is 0.0445. The van der Waals surface area contributed by atoms with Crippen LogP contribution in [0.5, 0.6) is 0 Å². The summed E-state index contributed by atoms with van der Waals surface area (Å²) in [6.07, 6.45) is 1.24. The Balaban J connectivity index is 0.000000561. The van der Waals surface area contributed by atoms with Crippen LogP contribution in [0.25, 0.3) is 0 Å². The van der Waals surface area contributed by atoms with Gasteiger partial charge in [-0.1, -0.05) is 13.8 Å². The Morgan fingerprint density at radius 2 is 2.17 bits per heavy atom. The van der Waals surface area contributed by atoms with E-state index in [1.807, 2.05) is 13.8 Å². The van der Waals surface area contributed by atoms with Gasteiger partial charge in [-0.25, -0.2) is 9.48 Å². The van der Waals surface area contributed by atoms with Gasteiger partial charge in [0.05, 0.1) is 6.20 Å². The third-order valence-electron chi connectivity index (χ3n) is 0.961. The predicted molar refractivity (Wildman–Crippen MR) is 44.0 cm³/mol. The number of nitrogens with zero attached hydrogens (tertiary/aromatic N) is 3. The summed E-state index contributed by atoms with van der Waals surface area (Å²) < 4.78 is 1.06. The van der Waals surface area contributed by atoms with Crippen molar-refractivity contribution in [2.24, 2.45) is 7.05 Å². The molecule has 0 aliphatic carbocycles. The molecule has 2 N–H and O–H groups in total. The number of anilines is 1. The van der Waals surface area contributed by atoms with Crippen molar-refractivity contribution in [3.8, 4) is 0 Å². The van der Waals surface area contributed by atoms with Crippen molar-refractivity contribution in [3.05, 3.63) is 16.7 Å². The van der Waals surface area contributed by atoms with E-state index in [-0.39, 0.29) is 5.82 Å². The average molecular weight is 172 g/mol. The quantitative estimate of drug-likeness (QED) is 0.583. The highest BCUT2D eigenvalue weighted by Gasteiger charge is 1.93.